The highest BCUT2D eigenvalue weighted by molar-refractivity contribution is 7.17. The Labute approximate surface area is 126 Å². The molecule has 6 heteroatoms. The first-order chi connectivity index (χ1) is 9.47. The lowest BCUT2D eigenvalue weighted by atomic mass is 10.1. The van der Waals surface area contributed by atoms with Crippen molar-refractivity contribution < 1.29 is 9.90 Å². The van der Waals surface area contributed by atoms with Crippen molar-refractivity contribution in [3.05, 3.63) is 27.4 Å². The molecule has 108 valence electrons. The van der Waals surface area contributed by atoms with Gasteiger partial charge in [-0.25, -0.2) is 4.98 Å². The fraction of sp³-hybridized carbons (Fsp3) is 0.429. The van der Waals surface area contributed by atoms with Crippen molar-refractivity contribution in [2.24, 2.45) is 0 Å². The zero-order valence-corrected chi connectivity index (χ0v) is 13.3. The van der Waals surface area contributed by atoms with Crippen molar-refractivity contribution in [1.29, 1.82) is 0 Å². The van der Waals surface area contributed by atoms with Gasteiger partial charge in [0.25, 0.3) is 5.91 Å². The Kier molecular flexibility index (Phi) is 4.91. The van der Waals surface area contributed by atoms with Gasteiger partial charge in [-0.3, -0.25) is 4.79 Å². The van der Waals surface area contributed by atoms with E-state index in [2.05, 4.69) is 10.3 Å². The normalized spacial score (nSPS) is 14.0. The van der Waals surface area contributed by atoms with Crippen LogP contribution in [-0.2, 0) is 0 Å². The number of hydrogen-bond acceptors (Lipinski definition) is 5. The molecule has 2 rings (SSSR count). The maximum Gasteiger partial charge on any atom is 0.263 e. The fourth-order valence-corrected chi connectivity index (χ4v) is 3.66. The molecule has 0 aliphatic rings. The molecule has 0 aromatic carbocycles. The first kappa shape index (κ1) is 15.2. The van der Waals surface area contributed by atoms with E-state index in [1.165, 1.54) is 11.3 Å². The number of rotatable bonds is 5. The van der Waals surface area contributed by atoms with Crippen LogP contribution in [0.25, 0.3) is 10.6 Å². The van der Waals surface area contributed by atoms with E-state index in [1.54, 1.807) is 18.3 Å². The molecule has 2 atom stereocenters. The summed E-state index contributed by atoms with van der Waals surface area (Å²) >= 11 is 3.02. The molecule has 2 N–H and O–H groups in total. The Morgan fingerprint density at radius 1 is 1.50 bits per heavy atom. The summed E-state index contributed by atoms with van der Waals surface area (Å²) in [5, 5.41) is 17.1. The largest absolute Gasteiger partial charge is 0.393 e. The van der Waals surface area contributed by atoms with Gasteiger partial charge in [-0.15, -0.1) is 11.3 Å². The average Bonchev–Trinajstić information content (AvgIpc) is 2.95. The summed E-state index contributed by atoms with van der Waals surface area (Å²) in [5.41, 5.74) is 1.80. The molecular formula is C14H18N2O2S2. The van der Waals surface area contributed by atoms with Crippen molar-refractivity contribution in [3.8, 4) is 10.6 Å². The molecule has 0 bridgehead atoms. The number of nitrogens with one attached hydrogen (secondary N) is 1. The highest BCUT2D eigenvalue weighted by Crippen LogP contribution is 2.29. The zero-order valence-electron chi connectivity index (χ0n) is 11.7. The van der Waals surface area contributed by atoms with E-state index in [4.69, 9.17) is 0 Å². The van der Waals surface area contributed by atoms with Crippen LogP contribution in [0.3, 0.4) is 0 Å². The van der Waals surface area contributed by atoms with Crippen LogP contribution in [0.15, 0.2) is 16.8 Å². The highest BCUT2D eigenvalue weighted by atomic mass is 32.1. The predicted octanol–water partition coefficient (Wildman–Crippen LogP) is 3.07. The van der Waals surface area contributed by atoms with Crippen LogP contribution in [0.2, 0.25) is 0 Å². The fourth-order valence-electron chi connectivity index (χ4n) is 1.98. The summed E-state index contributed by atoms with van der Waals surface area (Å²) < 4.78 is 0. The maximum absolute atomic E-state index is 12.2. The Bertz CT molecular complexity index is 576. The second-order valence-corrected chi connectivity index (χ2v) is 6.68. The predicted molar refractivity (Wildman–Crippen MR) is 83.4 cm³/mol. The second kappa shape index (κ2) is 6.47. The molecule has 2 aromatic rings. The molecule has 4 nitrogen and oxygen atoms in total. The van der Waals surface area contributed by atoms with E-state index in [0.29, 0.717) is 11.3 Å². The van der Waals surface area contributed by atoms with Crippen LogP contribution in [0.5, 0.6) is 0 Å². The zero-order chi connectivity index (χ0) is 14.7. The second-order valence-electron chi connectivity index (χ2n) is 4.90. The van der Waals surface area contributed by atoms with E-state index >= 15 is 0 Å². The summed E-state index contributed by atoms with van der Waals surface area (Å²) in [5.74, 6) is -0.116. The summed E-state index contributed by atoms with van der Waals surface area (Å²) in [6.45, 7) is 5.46. The maximum atomic E-state index is 12.2. The Morgan fingerprint density at radius 3 is 2.85 bits per heavy atom. The number of aliphatic hydroxyl groups is 1. The SMILES string of the molecule is Cc1nc(-c2ccsc2)sc1C(=O)NC(C)CC(C)O. The Hall–Kier alpha value is -1.24. The molecule has 0 aliphatic carbocycles. The van der Waals surface area contributed by atoms with Crippen LogP contribution in [0.1, 0.15) is 35.6 Å². The lowest BCUT2D eigenvalue weighted by Gasteiger charge is -2.14. The number of carbonyl (C=O) groups is 1. The van der Waals surface area contributed by atoms with Crippen molar-refractivity contribution in [3.63, 3.8) is 0 Å². The third kappa shape index (κ3) is 3.65. The quantitative estimate of drug-likeness (QED) is 0.892. The van der Waals surface area contributed by atoms with Gasteiger partial charge in [0.05, 0.1) is 11.8 Å². The van der Waals surface area contributed by atoms with Gasteiger partial charge in [0.1, 0.15) is 9.88 Å². The molecule has 2 unspecified atom stereocenters. The minimum Gasteiger partial charge on any atom is -0.393 e. The third-order valence-electron chi connectivity index (χ3n) is 2.84. The van der Waals surface area contributed by atoms with Gasteiger partial charge in [-0.05, 0) is 38.6 Å². The first-order valence-electron chi connectivity index (χ1n) is 6.46. The first-order valence-corrected chi connectivity index (χ1v) is 8.22. The summed E-state index contributed by atoms with van der Waals surface area (Å²) in [7, 11) is 0. The van der Waals surface area contributed by atoms with E-state index in [-0.39, 0.29) is 11.9 Å². The molecule has 2 heterocycles. The summed E-state index contributed by atoms with van der Waals surface area (Å²) in [6, 6.07) is 1.94. The van der Waals surface area contributed by atoms with E-state index in [9.17, 15) is 9.90 Å². The number of aliphatic hydroxyl groups excluding tert-OH is 1. The molecule has 0 radical (unpaired) electrons. The Morgan fingerprint density at radius 2 is 2.25 bits per heavy atom. The minimum absolute atomic E-state index is 0.0615. The monoisotopic (exact) mass is 310 g/mol. The Balaban J connectivity index is 2.11. The van der Waals surface area contributed by atoms with Crippen LogP contribution >= 0.6 is 22.7 Å². The molecule has 0 saturated heterocycles. The van der Waals surface area contributed by atoms with Gasteiger partial charge in [-0.2, -0.15) is 11.3 Å². The van der Waals surface area contributed by atoms with Gasteiger partial charge in [0.15, 0.2) is 0 Å². The number of thiophene rings is 1. The summed E-state index contributed by atoms with van der Waals surface area (Å²) in [4.78, 5) is 17.3. The lowest BCUT2D eigenvalue weighted by molar-refractivity contribution is 0.0926. The van der Waals surface area contributed by atoms with Crippen LogP contribution in [0.4, 0.5) is 0 Å². The number of nitrogens with zero attached hydrogens (tertiary/aromatic N) is 1. The van der Waals surface area contributed by atoms with Crippen molar-refractivity contribution in [2.45, 2.75) is 39.3 Å². The summed E-state index contributed by atoms with van der Waals surface area (Å²) in [6.07, 6.45) is 0.121. The smallest absolute Gasteiger partial charge is 0.263 e. The molecule has 2 aromatic heterocycles. The molecule has 20 heavy (non-hydrogen) atoms. The van der Waals surface area contributed by atoms with E-state index in [0.717, 1.165) is 16.3 Å². The molecule has 0 aliphatic heterocycles. The molecule has 0 saturated carbocycles. The standard InChI is InChI=1S/C14H18N2O2S2/c1-8(6-9(2)17)15-13(18)12-10(3)16-14(20-12)11-4-5-19-7-11/h4-5,7-9,17H,6H2,1-3H3,(H,15,18). The van der Waals surface area contributed by atoms with E-state index in [1.807, 2.05) is 30.7 Å². The van der Waals surface area contributed by atoms with E-state index < -0.39 is 6.10 Å². The van der Waals surface area contributed by atoms with Gasteiger partial charge in [-0.1, -0.05) is 0 Å². The van der Waals surface area contributed by atoms with Crippen LogP contribution < -0.4 is 5.32 Å². The van der Waals surface area contributed by atoms with Gasteiger partial charge >= 0.3 is 0 Å². The highest BCUT2D eigenvalue weighted by Gasteiger charge is 2.18. The average molecular weight is 310 g/mol. The van der Waals surface area contributed by atoms with Crippen molar-refractivity contribution in [2.75, 3.05) is 0 Å². The lowest BCUT2D eigenvalue weighted by Crippen LogP contribution is -2.34. The van der Waals surface area contributed by atoms with Crippen molar-refractivity contribution in [1.82, 2.24) is 10.3 Å². The number of amides is 1. The minimum atomic E-state index is -0.422. The number of hydrogen-bond donors (Lipinski definition) is 2. The van der Waals surface area contributed by atoms with Gasteiger partial charge in [0.2, 0.25) is 0 Å². The molecular weight excluding hydrogens is 292 g/mol. The number of aromatic nitrogens is 1. The third-order valence-corrected chi connectivity index (χ3v) is 4.73. The van der Waals surface area contributed by atoms with Gasteiger partial charge < -0.3 is 10.4 Å². The molecule has 0 fully saturated rings. The number of aryl methyl sites for hydroxylation is 1. The topological polar surface area (TPSA) is 62.2 Å². The van der Waals surface area contributed by atoms with Crippen LogP contribution in [-0.4, -0.2) is 28.1 Å². The number of carbonyl (C=O) groups excluding carboxylic acids is 1. The molecule has 0 spiro atoms. The number of thiazole rings is 1. The molecule has 1 amide bonds. The van der Waals surface area contributed by atoms with Crippen LogP contribution in [0, 0.1) is 6.92 Å². The van der Waals surface area contributed by atoms with Gasteiger partial charge in [0, 0.05) is 17.0 Å². The van der Waals surface area contributed by atoms with Crippen molar-refractivity contribution >= 4 is 28.6 Å².